The number of hydrogen-bond acceptors (Lipinski definition) is 6. The standard InChI is InChI=1S/C10H13N3O2S/c1-7(11)5-16-6-9-12-13-10(15-9)8-3-2-4-14-8/h2-4,7H,5-6,11H2,1H3. The van der Waals surface area contributed by atoms with Gasteiger partial charge in [-0.15, -0.1) is 10.2 Å². The van der Waals surface area contributed by atoms with Crippen LogP contribution in [0.1, 0.15) is 12.8 Å². The Bertz CT molecular complexity index is 425. The zero-order chi connectivity index (χ0) is 11.4. The fourth-order valence-corrected chi connectivity index (χ4v) is 1.92. The van der Waals surface area contributed by atoms with E-state index in [-0.39, 0.29) is 6.04 Å². The number of hydrogen-bond donors (Lipinski definition) is 1. The third-order valence-electron chi connectivity index (χ3n) is 1.81. The summed E-state index contributed by atoms with van der Waals surface area (Å²) in [5.74, 6) is 3.16. The molecule has 0 aliphatic carbocycles. The summed E-state index contributed by atoms with van der Waals surface area (Å²) in [7, 11) is 0. The molecule has 6 heteroatoms. The highest BCUT2D eigenvalue weighted by atomic mass is 32.2. The smallest absolute Gasteiger partial charge is 0.283 e. The molecule has 0 bridgehead atoms. The van der Waals surface area contributed by atoms with E-state index >= 15 is 0 Å². The normalized spacial score (nSPS) is 12.9. The van der Waals surface area contributed by atoms with Crippen LogP contribution in [-0.2, 0) is 5.75 Å². The Morgan fingerprint density at radius 2 is 2.38 bits per heavy atom. The maximum absolute atomic E-state index is 5.64. The predicted molar refractivity (Wildman–Crippen MR) is 61.8 cm³/mol. The predicted octanol–water partition coefficient (Wildman–Crippen LogP) is 1.91. The molecule has 0 aliphatic rings. The van der Waals surface area contributed by atoms with Gasteiger partial charge in [0, 0.05) is 11.8 Å². The lowest BCUT2D eigenvalue weighted by Gasteiger charge is -2.01. The van der Waals surface area contributed by atoms with E-state index in [4.69, 9.17) is 14.6 Å². The van der Waals surface area contributed by atoms with Crippen LogP contribution in [0.25, 0.3) is 11.7 Å². The van der Waals surface area contributed by atoms with E-state index in [0.717, 1.165) is 5.75 Å². The highest BCUT2D eigenvalue weighted by Gasteiger charge is 2.10. The van der Waals surface area contributed by atoms with E-state index in [2.05, 4.69) is 10.2 Å². The lowest BCUT2D eigenvalue weighted by molar-refractivity contribution is 0.494. The number of nitrogens with zero attached hydrogens (tertiary/aromatic N) is 2. The summed E-state index contributed by atoms with van der Waals surface area (Å²) in [5, 5.41) is 7.83. The summed E-state index contributed by atoms with van der Waals surface area (Å²) < 4.78 is 10.6. The molecule has 1 unspecified atom stereocenters. The van der Waals surface area contributed by atoms with Crippen molar-refractivity contribution in [2.75, 3.05) is 5.75 Å². The van der Waals surface area contributed by atoms with Gasteiger partial charge in [-0.1, -0.05) is 0 Å². The number of nitrogens with two attached hydrogens (primary N) is 1. The Morgan fingerprint density at radius 1 is 1.50 bits per heavy atom. The maximum atomic E-state index is 5.64. The van der Waals surface area contributed by atoms with Gasteiger partial charge < -0.3 is 14.6 Å². The fraction of sp³-hybridized carbons (Fsp3) is 0.400. The Labute approximate surface area is 97.4 Å². The first-order valence-corrected chi connectivity index (χ1v) is 6.11. The second kappa shape index (κ2) is 5.18. The van der Waals surface area contributed by atoms with Crippen molar-refractivity contribution in [1.29, 1.82) is 0 Å². The van der Waals surface area contributed by atoms with Crippen molar-refractivity contribution in [3.05, 3.63) is 24.3 Å². The van der Waals surface area contributed by atoms with Crippen molar-refractivity contribution in [2.24, 2.45) is 5.73 Å². The molecule has 2 heterocycles. The van der Waals surface area contributed by atoms with Gasteiger partial charge in [0.15, 0.2) is 5.76 Å². The molecule has 0 spiro atoms. The first-order valence-electron chi connectivity index (χ1n) is 4.95. The second-order valence-electron chi connectivity index (χ2n) is 3.47. The Balaban J connectivity index is 1.93. The summed E-state index contributed by atoms with van der Waals surface area (Å²) in [6.07, 6.45) is 1.57. The average molecular weight is 239 g/mol. The van der Waals surface area contributed by atoms with Gasteiger partial charge in [0.25, 0.3) is 5.89 Å². The Morgan fingerprint density at radius 3 is 3.06 bits per heavy atom. The molecule has 2 rings (SSSR count). The Hall–Kier alpha value is -1.27. The van der Waals surface area contributed by atoms with Crippen LogP contribution in [0.15, 0.2) is 27.2 Å². The summed E-state index contributed by atoms with van der Waals surface area (Å²) in [4.78, 5) is 0. The van der Waals surface area contributed by atoms with Crippen LogP contribution < -0.4 is 5.73 Å². The zero-order valence-corrected chi connectivity index (χ0v) is 9.74. The number of aromatic nitrogens is 2. The van der Waals surface area contributed by atoms with Crippen LogP contribution >= 0.6 is 11.8 Å². The minimum atomic E-state index is 0.178. The molecule has 0 aromatic carbocycles. The van der Waals surface area contributed by atoms with Crippen molar-refractivity contribution in [3.8, 4) is 11.7 Å². The summed E-state index contributed by atoms with van der Waals surface area (Å²) in [6, 6.07) is 3.74. The largest absolute Gasteiger partial charge is 0.459 e. The van der Waals surface area contributed by atoms with Gasteiger partial charge in [0.2, 0.25) is 5.89 Å². The van der Waals surface area contributed by atoms with Crippen LogP contribution in [0.4, 0.5) is 0 Å². The number of rotatable bonds is 5. The van der Waals surface area contributed by atoms with Crippen LogP contribution in [0, 0.1) is 0 Å². The molecule has 2 aromatic heterocycles. The monoisotopic (exact) mass is 239 g/mol. The van der Waals surface area contributed by atoms with E-state index < -0.39 is 0 Å². The van der Waals surface area contributed by atoms with Gasteiger partial charge in [-0.3, -0.25) is 0 Å². The minimum Gasteiger partial charge on any atom is -0.459 e. The lowest BCUT2D eigenvalue weighted by atomic mass is 10.4. The summed E-state index contributed by atoms with van der Waals surface area (Å²) in [5.41, 5.74) is 5.64. The number of thioether (sulfide) groups is 1. The molecule has 0 radical (unpaired) electrons. The zero-order valence-electron chi connectivity index (χ0n) is 8.92. The molecule has 0 amide bonds. The van der Waals surface area contributed by atoms with Crippen LogP contribution in [0.5, 0.6) is 0 Å². The summed E-state index contributed by atoms with van der Waals surface area (Å²) >= 11 is 1.67. The van der Waals surface area contributed by atoms with Crippen molar-refractivity contribution in [1.82, 2.24) is 10.2 Å². The van der Waals surface area contributed by atoms with E-state index in [1.807, 2.05) is 6.92 Å². The first kappa shape index (κ1) is 11.2. The van der Waals surface area contributed by atoms with Gasteiger partial charge in [0.1, 0.15) is 0 Å². The van der Waals surface area contributed by atoms with E-state index in [9.17, 15) is 0 Å². The second-order valence-corrected chi connectivity index (χ2v) is 4.50. The Kier molecular flexibility index (Phi) is 3.63. The van der Waals surface area contributed by atoms with E-state index in [1.54, 1.807) is 30.2 Å². The van der Waals surface area contributed by atoms with Gasteiger partial charge in [0.05, 0.1) is 12.0 Å². The van der Waals surface area contributed by atoms with E-state index in [1.165, 1.54) is 0 Å². The van der Waals surface area contributed by atoms with E-state index in [0.29, 0.717) is 23.3 Å². The first-order chi connectivity index (χ1) is 7.75. The van der Waals surface area contributed by atoms with Crippen molar-refractivity contribution in [3.63, 3.8) is 0 Å². The highest BCUT2D eigenvalue weighted by molar-refractivity contribution is 7.98. The molecule has 2 N–H and O–H groups in total. The third-order valence-corrected chi connectivity index (χ3v) is 3.02. The third kappa shape index (κ3) is 2.86. The molecule has 0 saturated heterocycles. The molecular formula is C10H13N3O2S. The van der Waals surface area contributed by atoms with Crippen LogP contribution in [0.3, 0.4) is 0 Å². The molecular weight excluding hydrogens is 226 g/mol. The minimum absolute atomic E-state index is 0.178. The highest BCUT2D eigenvalue weighted by Crippen LogP contribution is 2.20. The lowest BCUT2D eigenvalue weighted by Crippen LogP contribution is -2.17. The van der Waals surface area contributed by atoms with Gasteiger partial charge in [-0.25, -0.2) is 0 Å². The van der Waals surface area contributed by atoms with Crippen LogP contribution in [0.2, 0.25) is 0 Å². The topological polar surface area (TPSA) is 78.1 Å². The van der Waals surface area contributed by atoms with Crippen molar-refractivity contribution in [2.45, 2.75) is 18.7 Å². The summed E-state index contributed by atoms with van der Waals surface area (Å²) in [6.45, 7) is 1.97. The molecule has 16 heavy (non-hydrogen) atoms. The molecule has 2 aromatic rings. The van der Waals surface area contributed by atoms with Crippen LogP contribution in [-0.4, -0.2) is 22.0 Å². The van der Waals surface area contributed by atoms with Gasteiger partial charge in [-0.05, 0) is 19.1 Å². The molecule has 0 aliphatic heterocycles. The number of furan rings is 1. The van der Waals surface area contributed by atoms with Gasteiger partial charge in [-0.2, -0.15) is 11.8 Å². The quantitative estimate of drug-likeness (QED) is 0.858. The maximum Gasteiger partial charge on any atom is 0.283 e. The molecule has 1 atom stereocenters. The average Bonchev–Trinajstić information content (AvgIpc) is 2.85. The molecule has 0 saturated carbocycles. The molecule has 86 valence electrons. The van der Waals surface area contributed by atoms with Crippen molar-refractivity contribution < 1.29 is 8.83 Å². The SMILES string of the molecule is CC(N)CSCc1nnc(-c2ccco2)o1. The fourth-order valence-electron chi connectivity index (χ4n) is 1.14. The van der Waals surface area contributed by atoms with Gasteiger partial charge >= 0.3 is 0 Å². The molecule has 5 nitrogen and oxygen atoms in total. The van der Waals surface area contributed by atoms with Crippen molar-refractivity contribution >= 4 is 11.8 Å². The molecule has 0 fully saturated rings.